The van der Waals surface area contributed by atoms with Crippen molar-refractivity contribution < 1.29 is 9.53 Å². The van der Waals surface area contributed by atoms with Crippen LogP contribution in [-0.4, -0.2) is 17.1 Å². The maximum Gasteiger partial charge on any atom is 0.343 e. The highest BCUT2D eigenvalue weighted by molar-refractivity contribution is 7.09. The van der Waals surface area contributed by atoms with E-state index in [1.165, 1.54) is 11.6 Å². The predicted octanol–water partition coefficient (Wildman–Crippen LogP) is 4.23. The monoisotopic (exact) mass is 381 g/mol. The van der Waals surface area contributed by atoms with Gasteiger partial charge in [0, 0.05) is 35.3 Å². The van der Waals surface area contributed by atoms with Gasteiger partial charge in [0.05, 0.1) is 6.61 Å². The van der Waals surface area contributed by atoms with Crippen molar-refractivity contribution in [2.24, 2.45) is 0 Å². The summed E-state index contributed by atoms with van der Waals surface area (Å²) in [5.74, 6) is -0.539. The third-order valence-corrected chi connectivity index (χ3v) is 5.37. The average Bonchev–Trinajstić information content (AvgIpc) is 3.15. The van der Waals surface area contributed by atoms with E-state index in [-0.39, 0.29) is 17.6 Å². The van der Waals surface area contributed by atoms with Crippen LogP contribution < -0.4 is 5.43 Å². The number of aromatic nitrogens is 1. The highest BCUT2D eigenvalue weighted by atomic mass is 32.1. The molecular weight excluding hydrogens is 358 g/mol. The van der Waals surface area contributed by atoms with E-state index in [0.717, 1.165) is 22.7 Å². The van der Waals surface area contributed by atoms with Gasteiger partial charge in [-0.3, -0.25) is 4.79 Å². The van der Waals surface area contributed by atoms with Crippen molar-refractivity contribution in [3.05, 3.63) is 91.5 Å². The topological polar surface area (TPSA) is 48.3 Å². The minimum Gasteiger partial charge on any atom is -0.462 e. The summed E-state index contributed by atoms with van der Waals surface area (Å²) in [6.45, 7) is 4.61. The minimum atomic E-state index is -0.539. The number of nitrogens with zero attached hydrogens (tertiary/aromatic N) is 1. The quantitative estimate of drug-likeness (QED) is 0.576. The smallest absolute Gasteiger partial charge is 0.343 e. The number of benzene rings is 1. The molecule has 0 saturated carbocycles. The molecule has 140 valence electrons. The summed E-state index contributed by atoms with van der Waals surface area (Å²) in [6.07, 6.45) is 1.36. The lowest BCUT2D eigenvalue weighted by molar-refractivity contribution is 0.0522. The average molecular weight is 381 g/mol. The van der Waals surface area contributed by atoms with E-state index in [2.05, 4.69) is 16.7 Å². The molecule has 0 unspecified atom stereocenters. The van der Waals surface area contributed by atoms with Crippen molar-refractivity contribution in [3.8, 4) is 0 Å². The molecule has 3 rings (SSSR count). The molecular formula is C22H23NO3S. The Balaban J connectivity index is 2.05. The van der Waals surface area contributed by atoms with Gasteiger partial charge in [0.2, 0.25) is 0 Å². The van der Waals surface area contributed by atoms with Gasteiger partial charge in [0.15, 0.2) is 5.43 Å². The van der Waals surface area contributed by atoms with Gasteiger partial charge in [-0.1, -0.05) is 36.4 Å². The summed E-state index contributed by atoms with van der Waals surface area (Å²) in [4.78, 5) is 26.3. The standard InChI is InChI=1S/C22H23NO3S/c1-3-26-22(25)21-19(15-18-10-7-13-27-18)23(16(2)14-20(21)24)12-11-17-8-5-4-6-9-17/h4-10,13-14H,3,11-12,15H2,1-2H3. The van der Waals surface area contributed by atoms with Crippen LogP contribution in [0.25, 0.3) is 0 Å². The van der Waals surface area contributed by atoms with Gasteiger partial charge >= 0.3 is 5.97 Å². The van der Waals surface area contributed by atoms with Crippen LogP contribution >= 0.6 is 11.3 Å². The molecule has 1 aromatic carbocycles. The van der Waals surface area contributed by atoms with Crippen LogP contribution in [0, 0.1) is 6.92 Å². The predicted molar refractivity (Wildman–Crippen MR) is 109 cm³/mol. The van der Waals surface area contributed by atoms with Crippen LogP contribution in [0.15, 0.2) is 58.7 Å². The van der Waals surface area contributed by atoms with Gasteiger partial charge < -0.3 is 9.30 Å². The molecule has 2 heterocycles. The van der Waals surface area contributed by atoms with Gasteiger partial charge in [-0.05, 0) is 37.3 Å². The number of esters is 1. The van der Waals surface area contributed by atoms with Crippen LogP contribution in [0.5, 0.6) is 0 Å². The van der Waals surface area contributed by atoms with E-state index in [1.54, 1.807) is 18.3 Å². The Morgan fingerprint density at radius 1 is 1.15 bits per heavy atom. The maximum absolute atomic E-state index is 12.6. The molecule has 3 aromatic rings. The van der Waals surface area contributed by atoms with Crippen LogP contribution in [0.1, 0.15) is 39.1 Å². The number of carbonyl (C=O) groups is 1. The number of hydrogen-bond acceptors (Lipinski definition) is 4. The number of pyridine rings is 1. The number of carbonyl (C=O) groups excluding carboxylic acids is 1. The van der Waals surface area contributed by atoms with Crippen LogP contribution in [0.2, 0.25) is 0 Å². The molecule has 0 fully saturated rings. The molecule has 2 aromatic heterocycles. The molecule has 0 radical (unpaired) electrons. The highest BCUT2D eigenvalue weighted by Crippen LogP contribution is 2.19. The van der Waals surface area contributed by atoms with Gasteiger partial charge in [0.1, 0.15) is 5.56 Å². The molecule has 4 nitrogen and oxygen atoms in total. The molecule has 0 N–H and O–H groups in total. The Bertz CT molecular complexity index is 959. The molecule has 0 bridgehead atoms. The second kappa shape index (κ2) is 8.82. The summed E-state index contributed by atoms with van der Waals surface area (Å²) in [7, 11) is 0. The largest absolute Gasteiger partial charge is 0.462 e. The Hall–Kier alpha value is -2.66. The molecule has 0 aliphatic rings. The molecule has 0 spiro atoms. The maximum atomic E-state index is 12.6. The zero-order valence-electron chi connectivity index (χ0n) is 15.6. The van der Waals surface area contributed by atoms with Crippen LogP contribution in [-0.2, 0) is 24.1 Å². The number of aryl methyl sites for hydroxylation is 2. The van der Waals surface area contributed by atoms with Gasteiger partial charge in [-0.25, -0.2) is 4.79 Å². The van der Waals surface area contributed by atoms with Crippen molar-refractivity contribution in [2.75, 3.05) is 6.61 Å². The fourth-order valence-corrected chi connectivity index (χ4v) is 3.92. The summed E-state index contributed by atoms with van der Waals surface area (Å²) in [6, 6.07) is 15.7. The second-order valence-corrected chi connectivity index (χ2v) is 7.37. The Morgan fingerprint density at radius 3 is 2.59 bits per heavy atom. The lowest BCUT2D eigenvalue weighted by atomic mass is 10.1. The normalized spacial score (nSPS) is 10.7. The first-order valence-electron chi connectivity index (χ1n) is 9.07. The lowest BCUT2D eigenvalue weighted by Crippen LogP contribution is -2.26. The summed E-state index contributed by atoms with van der Waals surface area (Å²) >= 11 is 1.62. The van der Waals surface area contributed by atoms with Gasteiger partial charge in [0.25, 0.3) is 0 Å². The number of hydrogen-bond donors (Lipinski definition) is 0. The molecule has 5 heteroatoms. The van der Waals surface area contributed by atoms with E-state index in [1.807, 2.05) is 42.6 Å². The van der Waals surface area contributed by atoms with Gasteiger partial charge in [-0.15, -0.1) is 11.3 Å². The Labute approximate surface area is 163 Å². The van der Waals surface area contributed by atoms with Crippen molar-refractivity contribution in [2.45, 2.75) is 33.2 Å². The second-order valence-electron chi connectivity index (χ2n) is 6.34. The minimum absolute atomic E-state index is 0.156. The first kappa shape index (κ1) is 19.1. The zero-order valence-corrected chi connectivity index (χ0v) is 16.4. The van der Waals surface area contributed by atoms with E-state index in [4.69, 9.17) is 4.74 Å². The van der Waals surface area contributed by atoms with Crippen LogP contribution in [0.4, 0.5) is 0 Å². The Kier molecular flexibility index (Phi) is 6.24. The van der Waals surface area contributed by atoms with E-state index >= 15 is 0 Å². The molecule has 0 amide bonds. The first-order chi connectivity index (χ1) is 13.1. The molecule has 0 aliphatic carbocycles. The van der Waals surface area contributed by atoms with Gasteiger partial charge in [-0.2, -0.15) is 0 Å². The lowest BCUT2D eigenvalue weighted by Gasteiger charge is -2.19. The van der Waals surface area contributed by atoms with Crippen molar-refractivity contribution in [1.29, 1.82) is 0 Å². The highest BCUT2D eigenvalue weighted by Gasteiger charge is 2.21. The summed E-state index contributed by atoms with van der Waals surface area (Å²) < 4.78 is 7.26. The summed E-state index contributed by atoms with van der Waals surface area (Å²) in [5, 5.41) is 2.00. The zero-order chi connectivity index (χ0) is 19.2. The van der Waals surface area contributed by atoms with E-state index in [9.17, 15) is 9.59 Å². The Morgan fingerprint density at radius 2 is 1.93 bits per heavy atom. The van der Waals surface area contributed by atoms with Crippen LogP contribution in [0.3, 0.4) is 0 Å². The third kappa shape index (κ3) is 4.55. The molecule has 0 atom stereocenters. The first-order valence-corrected chi connectivity index (χ1v) is 9.95. The summed E-state index contributed by atoms with van der Waals surface area (Å²) in [5.41, 5.74) is 2.69. The van der Waals surface area contributed by atoms with Crippen molar-refractivity contribution in [1.82, 2.24) is 4.57 Å². The van der Waals surface area contributed by atoms with E-state index in [0.29, 0.717) is 13.0 Å². The molecule has 0 saturated heterocycles. The fourth-order valence-electron chi connectivity index (χ4n) is 3.21. The fraction of sp³-hybridized carbons (Fsp3) is 0.273. The molecule has 0 aliphatic heterocycles. The van der Waals surface area contributed by atoms with Crippen molar-refractivity contribution >= 4 is 17.3 Å². The number of thiophene rings is 1. The molecule has 27 heavy (non-hydrogen) atoms. The SMILES string of the molecule is CCOC(=O)c1c(Cc2cccs2)n(CCc2ccccc2)c(C)cc1=O. The van der Waals surface area contributed by atoms with Crippen molar-refractivity contribution in [3.63, 3.8) is 0 Å². The number of rotatable bonds is 7. The third-order valence-electron chi connectivity index (χ3n) is 4.49. The van der Waals surface area contributed by atoms with E-state index < -0.39 is 5.97 Å². The number of ether oxygens (including phenoxy) is 1.